The zero-order valence-electron chi connectivity index (χ0n) is 9.07. The maximum Gasteiger partial charge on any atom is 0.0591 e. The predicted octanol–water partition coefficient (Wildman–Crippen LogP) is 6.28. The predicted molar refractivity (Wildman–Crippen MR) is 83.4 cm³/mol. The van der Waals surface area contributed by atoms with E-state index in [0.717, 1.165) is 0 Å². The molecule has 0 radical (unpaired) electrons. The molecule has 0 amide bonds. The minimum atomic E-state index is 1.20. The first-order chi connectivity index (χ1) is 8.24. The van der Waals surface area contributed by atoms with Gasteiger partial charge in [-0.05, 0) is 52.5 Å². The molecule has 3 heterocycles. The molecule has 0 fully saturated rings. The van der Waals surface area contributed by atoms with Crippen molar-refractivity contribution in [2.45, 2.75) is 6.92 Å². The third-order valence-electron chi connectivity index (χ3n) is 2.41. The molecule has 0 aromatic carbocycles. The van der Waals surface area contributed by atoms with Crippen molar-refractivity contribution < 1.29 is 0 Å². The number of rotatable bonds is 2. The van der Waals surface area contributed by atoms with Crippen LogP contribution in [0.15, 0.2) is 40.2 Å². The van der Waals surface area contributed by atoms with Crippen LogP contribution >= 0.6 is 49.9 Å². The Hall–Kier alpha value is -0.420. The van der Waals surface area contributed by atoms with Gasteiger partial charge in [-0.1, -0.05) is 6.07 Å². The van der Waals surface area contributed by atoms with Crippen LogP contribution in [-0.4, -0.2) is 0 Å². The Bertz CT molecular complexity index is 631. The van der Waals surface area contributed by atoms with Crippen LogP contribution in [-0.2, 0) is 0 Å². The first kappa shape index (κ1) is 11.7. The van der Waals surface area contributed by atoms with Crippen molar-refractivity contribution >= 4 is 49.9 Å². The Kier molecular flexibility index (Phi) is 3.21. The average molecular weight is 341 g/mol. The number of thiophene rings is 3. The summed E-state index contributed by atoms with van der Waals surface area (Å²) in [7, 11) is 0. The second-order valence-corrected chi connectivity index (χ2v) is 7.82. The van der Waals surface area contributed by atoms with E-state index >= 15 is 0 Å². The first-order valence-electron chi connectivity index (χ1n) is 5.14. The van der Waals surface area contributed by atoms with Crippen molar-refractivity contribution in [1.29, 1.82) is 0 Å². The normalized spacial score (nSPS) is 10.9. The van der Waals surface area contributed by atoms with E-state index in [1.165, 1.54) is 28.9 Å². The summed E-state index contributed by atoms with van der Waals surface area (Å²) in [6.07, 6.45) is 0. The van der Waals surface area contributed by atoms with Crippen LogP contribution in [0.4, 0.5) is 0 Å². The van der Waals surface area contributed by atoms with Gasteiger partial charge in [0.15, 0.2) is 0 Å². The summed E-state index contributed by atoms with van der Waals surface area (Å²) in [5, 5.41) is 2.12. The molecule has 86 valence electrons. The summed E-state index contributed by atoms with van der Waals surface area (Å²) in [6, 6.07) is 10.9. The highest BCUT2D eigenvalue weighted by Crippen LogP contribution is 2.44. The average Bonchev–Trinajstić information content (AvgIpc) is 2.97. The van der Waals surface area contributed by atoms with Crippen LogP contribution in [0.5, 0.6) is 0 Å². The van der Waals surface area contributed by atoms with Crippen molar-refractivity contribution in [2.24, 2.45) is 0 Å². The zero-order valence-corrected chi connectivity index (χ0v) is 13.1. The molecule has 0 N–H and O–H groups in total. The van der Waals surface area contributed by atoms with E-state index in [1.54, 1.807) is 11.3 Å². The summed E-state index contributed by atoms with van der Waals surface area (Å²) >= 11 is 9.17. The van der Waals surface area contributed by atoms with E-state index in [2.05, 4.69) is 58.6 Å². The first-order valence-corrected chi connectivity index (χ1v) is 8.44. The Morgan fingerprint density at radius 1 is 1.00 bits per heavy atom. The summed E-state index contributed by atoms with van der Waals surface area (Å²) < 4.78 is 1.20. The number of hydrogen-bond donors (Lipinski definition) is 0. The minimum absolute atomic E-state index is 1.20. The maximum atomic E-state index is 3.67. The Labute approximate surface area is 121 Å². The zero-order chi connectivity index (χ0) is 11.8. The van der Waals surface area contributed by atoms with Gasteiger partial charge in [-0.25, -0.2) is 0 Å². The Morgan fingerprint density at radius 2 is 1.88 bits per heavy atom. The highest BCUT2D eigenvalue weighted by atomic mass is 79.9. The number of aryl methyl sites for hydroxylation is 1. The molecule has 0 unspecified atom stereocenters. The molecular weight excluding hydrogens is 332 g/mol. The molecular formula is C13H9BrS3. The summed E-state index contributed by atoms with van der Waals surface area (Å²) in [5.74, 6) is 0. The second kappa shape index (κ2) is 4.69. The van der Waals surface area contributed by atoms with E-state index in [4.69, 9.17) is 0 Å². The lowest BCUT2D eigenvalue weighted by atomic mass is 10.3. The third-order valence-corrected chi connectivity index (χ3v) is 6.68. The van der Waals surface area contributed by atoms with Gasteiger partial charge in [0.25, 0.3) is 0 Å². The molecule has 3 aromatic heterocycles. The number of halogens is 1. The fourth-order valence-electron chi connectivity index (χ4n) is 1.63. The van der Waals surface area contributed by atoms with Gasteiger partial charge >= 0.3 is 0 Å². The van der Waals surface area contributed by atoms with Crippen molar-refractivity contribution in [1.82, 2.24) is 0 Å². The topological polar surface area (TPSA) is 0 Å². The van der Waals surface area contributed by atoms with Gasteiger partial charge in [0, 0.05) is 24.0 Å². The molecule has 3 aromatic rings. The fraction of sp³-hybridized carbons (Fsp3) is 0.0769. The van der Waals surface area contributed by atoms with Crippen LogP contribution in [0.1, 0.15) is 4.88 Å². The monoisotopic (exact) mass is 340 g/mol. The van der Waals surface area contributed by atoms with Crippen LogP contribution in [0, 0.1) is 6.92 Å². The van der Waals surface area contributed by atoms with E-state index in [0.29, 0.717) is 0 Å². The van der Waals surface area contributed by atoms with Gasteiger partial charge in [-0.3, -0.25) is 0 Å². The summed E-state index contributed by atoms with van der Waals surface area (Å²) in [6.45, 7) is 2.15. The van der Waals surface area contributed by atoms with Crippen LogP contribution in [0.25, 0.3) is 19.5 Å². The molecule has 3 rings (SSSR count). The molecule has 0 spiro atoms. The van der Waals surface area contributed by atoms with Crippen LogP contribution in [0.3, 0.4) is 0 Å². The highest BCUT2D eigenvalue weighted by molar-refractivity contribution is 9.10. The molecule has 4 heteroatoms. The molecule has 0 aliphatic heterocycles. The van der Waals surface area contributed by atoms with Gasteiger partial charge in [0.1, 0.15) is 0 Å². The lowest BCUT2D eigenvalue weighted by molar-refractivity contribution is 1.64. The van der Waals surface area contributed by atoms with Gasteiger partial charge in [-0.2, -0.15) is 0 Å². The van der Waals surface area contributed by atoms with E-state index in [-0.39, 0.29) is 0 Å². The fourth-order valence-corrected chi connectivity index (χ4v) is 5.47. The van der Waals surface area contributed by atoms with E-state index < -0.39 is 0 Å². The lowest BCUT2D eigenvalue weighted by Gasteiger charge is -1.91. The van der Waals surface area contributed by atoms with Crippen molar-refractivity contribution in [3.05, 3.63) is 45.1 Å². The molecule has 17 heavy (non-hydrogen) atoms. The molecule has 0 aliphatic carbocycles. The summed E-state index contributed by atoms with van der Waals surface area (Å²) in [4.78, 5) is 6.73. The second-order valence-electron chi connectivity index (χ2n) is 3.68. The quantitative estimate of drug-likeness (QED) is 0.515. The molecule has 0 saturated heterocycles. The largest absolute Gasteiger partial charge is 0.143 e. The molecule has 0 aliphatic rings. The van der Waals surface area contributed by atoms with E-state index in [9.17, 15) is 0 Å². The van der Waals surface area contributed by atoms with Crippen molar-refractivity contribution in [3.8, 4) is 19.5 Å². The van der Waals surface area contributed by atoms with Crippen LogP contribution in [0.2, 0.25) is 0 Å². The smallest absolute Gasteiger partial charge is 0.0591 e. The Balaban J connectivity index is 2.07. The molecule has 0 nitrogen and oxygen atoms in total. The SMILES string of the molecule is Cc1ccc(-c2sc(-c3cccs3)cc2Br)s1. The standard InChI is InChI=1S/C13H9BrS3/c1-8-4-5-11(16-8)13-9(14)7-12(17-13)10-3-2-6-15-10/h2-7H,1H3. The van der Waals surface area contributed by atoms with Crippen molar-refractivity contribution in [2.75, 3.05) is 0 Å². The highest BCUT2D eigenvalue weighted by Gasteiger charge is 2.12. The van der Waals surface area contributed by atoms with Gasteiger partial charge in [-0.15, -0.1) is 34.0 Å². The van der Waals surface area contributed by atoms with Gasteiger partial charge in [0.2, 0.25) is 0 Å². The maximum absolute atomic E-state index is 3.67. The lowest BCUT2D eigenvalue weighted by Crippen LogP contribution is -1.61. The van der Waals surface area contributed by atoms with Gasteiger partial charge in [0.05, 0.1) is 4.88 Å². The van der Waals surface area contributed by atoms with Crippen LogP contribution < -0.4 is 0 Å². The van der Waals surface area contributed by atoms with Gasteiger partial charge < -0.3 is 0 Å². The van der Waals surface area contributed by atoms with E-state index in [1.807, 2.05) is 22.7 Å². The minimum Gasteiger partial charge on any atom is -0.143 e. The molecule has 0 atom stereocenters. The number of hydrogen-bond acceptors (Lipinski definition) is 3. The third kappa shape index (κ3) is 2.27. The molecule has 0 saturated carbocycles. The molecule has 0 bridgehead atoms. The van der Waals surface area contributed by atoms with Crippen molar-refractivity contribution in [3.63, 3.8) is 0 Å². The summed E-state index contributed by atoms with van der Waals surface area (Å²) in [5.41, 5.74) is 0. The Morgan fingerprint density at radius 3 is 2.53 bits per heavy atom.